The van der Waals surface area contributed by atoms with E-state index in [1.807, 2.05) is 6.08 Å². The van der Waals surface area contributed by atoms with E-state index < -0.39 is 0 Å². The molecule has 0 aliphatic heterocycles. The van der Waals surface area contributed by atoms with E-state index in [-0.39, 0.29) is 11.9 Å². The van der Waals surface area contributed by atoms with Crippen molar-refractivity contribution in [2.45, 2.75) is 44.6 Å². The third-order valence-electron chi connectivity index (χ3n) is 4.55. The molecule has 18 heavy (non-hydrogen) atoms. The van der Waals surface area contributed by atoms with Crippen molar-refractivity contribution in [3.05, 3.63) is 12.7 Å². The zero-order valence-electron chi connectivity index (χ0n) is 11.3. The van der Waals surface area contributed by atoms with E-state index in [2.05, 4.69) is 6.58 Å². The number of methoxy groups -OCH3 is 1. The number of fused-ring (bicyclic) bond motifs is 1. The first-order chi connectivity index (χ1) is 8.74. The Morgan fingerprint density at radius 3 is 2.67 bits per heavy atom. The topological polar surface area (TPSA) is 35.5 Å². The van der Waals surface area contributed by atoms with Crippen LogP contribution in [0.3, 0.4) is 0 Å². The molecular formula is C15H24O3. The van der Waals surface area contributed by atoms with E-state index in [9.17, 15) is 4.79 Å². The van der Waals surface area contributed by atoms with E-state index in [0.29, 0.717) is 18.6 Å². The van der Waals surface area contributed by atoms with Gasteiger partial charge in [0.25, 0.3) is 0 Å². The molecule has 2 aliphatic carbocycles. The lowest BCUT2D eigenvalue weighted by atomic mass is 9.67. The van der Waals surface area contributed by atoms with Gasteiger partial charge in [-0.3, -0.25) is 4.79 Å². The quantitative estimate of drug-likeness (QED) is 0.570. The Morgan fingerprint density at radius 2 is 1.94 bits per heavy atom. The van der Waals surface area contributed by atoms with Crippen LogP contribution in [0.4, 0.5) is 0 Å². The van der Waals surface area contributed by atoms with Crippen LogP contribution in [0, 0.1) is 17.8 Å². The molecule has 4 atom stereocenters. The largest absolute Gasteiger partial charge is 0.469 e. The Labute approximate surface area is 110 Å². The van der Waals surface area contributed by atoms with E-state index in [4.69, 9.17) is 9.47 Å². The molecule has 0 N–H and O–H groups in total. The van der Waals surface area contributed by atoms with Crippen LogP contribution >= 0.6 is 0 Å². The second-order valence-electron chi connectivity index (χ2n) is 5.61. The molecular weight excluding hydrogens is 228 g/mol. The number of esters is 1. The predicted octanol–water partition coefficient (Wildman–Crippen LogP) is 2.95. The molecule has 0 aromatic heterocycles. The fraction of sp³-hybridized carbons (Fsp3) is 0.800. The summed E-state index contributed by atoms with van der Waals surface area (Å²) in [6, 6.07) is 0. The summed E-state index contributed by atoms with van der Waals surface area (Å²) in [6.45, 7) is 4.35. The summed E-state index contributed by atoms with van der Waals surface area (Å²) in [6.07, 6.45) is 8.86. The molecule has 0 radical (unpaired) electrons. The molecule has 2 aliphatic rings. The third-order valence-corrected chi connectivity index (χ3v) is 4.55. The Bertz CT molecular complexity index is 300. The maximum absolute atomic E-state index is 11.6. The monoisotopic (exact) mass is 252 g/mol. The first kappa shape index (κ1) is 13.6. The highest BCUT2D eigenvalue weighted by Gasteiger charge is 2.38. The van der Waals surface area contributed by atoms with Crippen LogP contribution < -0.4 is 0 Å². The predicted molar refractivity (Wildman–Crippen MR) is 70.1 cm³/mol. The van der Waals surface area contributed by atoms with E-state index in [1.54, 1.807) is 0 Å². The van der Waals surface area contributed by atoms with Gasteiger partial charge in [0.15, 0.2) is 0 Å². The highest BCUT2D eigenvalue weighted by molar-refractivity contribution is 5.72. The van der Waals surface area contributed by atoms with Gasteiger partial charge in [-0.2, -0.15) is 0 Å². The maximum Gasteiger partial charge on any atom is 0.308 e. The number of rotatable bonds is 4. The summed E-state index contributed by atoms with van der Waals surface area (Å²) in [7, 11) is 1.49. The summed E-state index contributed by atoms with van der Waals surface area (Å²) < 4.78 is 10.6. The number of ether oxygens (including phenoxy) is 2. The van der Waals surface area contributed by atoms with Gasteiger partial charge in [0.05, 0.1) is 25.7 Å². The van der Waals surface area contributed by atoms with Gasteiger partial charge in [0.1, 0.15) is 0 Å². The van der Waals surface area contributed by atoms with Crippen molar-refractivity contribution in [2.24, 2.45) is 17.8 Å². The van der Waals surface area contributed by atoms with Crippen molar-refractivity contribution >= 4 is 5.97 Å². The smallest absolute Gasteiger partial charge is 0.308 e. The minimum atomic E-state index is -0.0153. The van der Waals surface area contributed by atoms with Crippen LogP contribution in [0.25, 0.3) is 0 Å². The average molecular weight is 252 g/mol. The highest BCUT2D eigenvalue weighted by atomic mass is 16.5. The van der Waals surface area contributed by atoms with E-state index in [0.717, 1.165) is 38.0 Å². The normalized spacial score (nSPS) is 35.6. The maximum atomic E-state index is 11.6. The van der Waals surface area contributed by atoms with Crippen LogP contribution in [0.1, 0.15) is 38.5 Å². The molecule has 3 heteroatoms. The lowest BCUT2D eigenvalue weighted by Gasteiger charge is -2.41. The van der Waals surface area contributed by atoms with Crippen LogP contribution in [0.5, 0.6) is 0 Å². The lowest BCUT2D eigenvalue weighted by molar-refractivity contribution is -0.148. The van der Waals surface area contributed by atoms with Crippen molar-refractivity contribution in [1.82, 2.24) is 0 Å². The fourth-order valence-electron chi connectivity index (χ4n) is 3.58. The van der Waals surface area contributed by atoms with Crippen molar-refractivity contribution in [2.75, 3.05) is 13.7 Å². The van der Waals surface area contributed by atoms with Crippen LogP contribution in [-0.4, -0.2) is 25.8 Å². The number of hydrogen-bond donors (Lipinski definition) is 0. The number of carbonyl (C=O) groups is 1. The molecule has 0 aromatic rings. The molecule has 3 nitrogen and oxygen atoms in total. The standard InChI is InChI=1S/C15H24O3/c1-3-8-18-14-7-6-11-9-13(15(16)17-2)5-4-12(11)10-14/h3,11-14H,1,4-10H2,2H3. The minimum Gasteiger partial charge on any atom is -0.469 e. The third kappa shape index (κ3) is 3.14. The number of carbonyl (C=O) groups excluding carboxylic acids is 1. The van der Waals surface area contributed by atoms with E-state index >= 15 is 0 Å². The van der Waals surface area contributed by atoms with Gasteiger partial charge in [-0.1, -0.05) is 6.08 Å². The van der Waals surface area contributed by atoms with Crippen molar-refractivity contribution in [3.63, 3.8) is 0 Å². The van der Waals surface area contributed by atoms with Crippen molar-refractivity contribution < 1.29 is 14.3 Å². The zero-order chi connectivity index (χ0) is 13.0. The number of hydrogen-bond acceptors (Lipinski definition) is 3. The van der Waals surface area contributed by atoms with Crippen LogP contribution in [0.2, 0.25) is 0 Å². The summed E-state index contributed by atoms with van der Waals surface area (Å²) in [5.74, 6) is 1.57. The van der Waals surface area contributed by atoms with Crippen LogP contribution in [-0.2, 0) is 14.3 Å². The molecule has 4 unspecified atom stereocenters. The second kappa shape index (κ2) is 6.37. The molecule has 2 saturated carbocycles. The SMILES string of the molecule is C=CCOC1CCC2CC(C(=O)OC)CCC2C1. The summed E-state index contributed by atoms with van der Waals surface area (Å²) in [5, 5.41) is 0. The molecule has 0 aromatic carbocycles. The Kier molecular flexibility index (Phi) is 4.81. The second-order valence-corrected chi connectivity index (χ2v) is 5.61. The van der Waals surface area contributed by atoms with Gasteiger partial charge < -0.3 is 9.47 Å². The average Bonchev–Trinajstić information content (AvgIpc) is 2.43. The van der Waals surface area contributed by atoms with Gasteiger partial charge in [0, 0.05) is 0 Å². The lowest BCUT2D eigenvalue weighted by Crippen LogP contribution is -2.36. The van der Waals surface area contributed by atoms with E-state index in [1.165, 1.54) is 13.5 Å². The highest BCUT2D eigenvalue weighted by Crippen LogP contribution is 2.43. The molecule has 0 spiro atoms. The van der Waals surface area contributed by atoms with Crippen molar-refractivity contribution in [3.8, 4) is 0 Å². The Morgan fingerprint density at radius 1 is 1.22 bits per heavy atom. The fourth-order valence-corrected chi connectivity index (χ4v) is 3.58. The summed E-state index contributed by atoms with van der Waals surface area (Å²) >= 11 is 0. The molecule has 0 amide bonds. The Hall–Kier alpha value is -0.830. The summed E-state index contributed by atoms with van der Waals surface area (Å²) in [4.78, 5) is 11.6. The van der Waals surface area contributed by atoms with Gasteiger partial charge in [0.2, 0.25) is 0 Å². The minimum absolute atomic E-state index is 0.0153. The molecule has 0 saturated heterocycles. The van der Waals surface area contributed by atoms with Gasteiger partial charge in [-0.15, -0.1) is 6.58 Å². The van der Waals surface area contributed by atoms with Gasteiger partial charge >= 0.3 is 5.97 Å². The zero-order valence-corrected chi connectivity index (χ0v) is 11.3. The van der Waals surface area contributed by atoms with Gasteiger partial charge in [-0.25, -0.2) is 0 Å². The molecule has 0 heterocycles. The molecule has 2 fully saturated rings. The molecule has 0 bridgehead atoms. The first-order valence-electron chi connectivity index (χ1n) is 7.05. The van der Waals surface area contributed by atoms with Crippen molar-refractivity contribution in [1.29, 1.82) is 0 Å². The first-order valence-corrected chi connectivity index (χ1v) is 7.05. The Balaban J connectivity index is 1.83. The molecule has 102 valence electrons. The molecule has 2 rings (SSSR count). The van der Waals surface area contributed by atoms with Crippen LogP contribution in [0.15, 0.2) is 12.7 Å². The van der Waals surface area contributed by atoms with Gasteiger partial charge in [-0.05, 0) is 50.4 Å². The summed E-state index contributed by atoms with van der Waals surface area (Å²) in [5.41, 5.74) is 0.